The largest absolute Gasteiger partial charge is 0.573 e. The van der Waals surface area contributed by atoms with Crippen LogP contribution in [-0.2, 0) is 6.42 Å². The van der Waals surface area contributed by atoms with Gasteiger partial charge in [-0.25, -0.2) is 0 Å². The number of thiocarbonyl (C=S) groups is 1. The predicted molar refractivity (Wildman–Crippen MR) is 62.3 cm³/mol. The molecule has 17 heavy (non-hydrogen) atoms. The smallest absolute Gasteiger partial charge is 0.406 e. The third-order valence-electron chi connectivity index (χ3n) is 2.43. The molecule has 1 N–H and O–H groups in total. The first-order chi connectivity index (χ1) is 7.94. The zero-order valence-corrected chi connectivity index (χ0v) is 9.62. The predicted octanol–water partition coefficient (Wildman–Crippen LogP) is 3.66. The van der Waals surface area contributed by atoms with Gasteiger partial charge in [-0.1, -0.05) is 12.2 Å². The van der Waals surface area contributed by atoms with Gasteiger partial charge in [-0.2, -0.15) is 0 Å². The Hall–Kier alpha value is -1.30. The molecule has 92 valence electrons. The molecule has 1 aromatic rings. The van der Waals surface area contributed by atoms with E-state index < -0.39 is 6.36 Å². The van der Waals surface area contributed by atoms with Gasteiger partial charge in [0, 0.05) is 5.69 Å². The SMILES string of the molecule is FC(F)(F)Oc1ccc2c(c1)CCCC(=S)N2. The maximum Gasteiger partial charge on any atom is 0.573 e. The van der Waals surface area contributed by atoms with Crippen molar-refractivity contribution in [2.24, 2.45) is 0 Å². The number of alkyl halides is 3. The minimum Gasteiger partial charge on any atom is -0.406 e. The second-order valence-electron chi connectivity index (χ2n) is 3.77. The van der Waals surface area contributed by atoms with Crippen LogP contribution in [0.25, 0.3) is 0 Å². The normalized spacial score (nSPS) is 15.8. The molecule has 0 radical (unpaired) electrons. The van der Waals surface area contributed by atoms with Crippen molar-refractivity contribution in [3.8, 4) is 5.75 Å². The summed E-state index contributed by atoms with van der Waals surface area (Å²) in [4.78, 5) is 0.716. The molecule has 0 aromatic heterocycles. The lowest BCUT2D eigenvalue weighted by molar-refractivity contribution is -0.274. The summed E-state index contributed by atoms with van der Waals surface area (Å²) in [6, 6.07) is 4.26. The van der Waals surface area contributed by atoms with Crippen LogP contribution in [0.4, 0.5) is 18.9 Å². The van der Waals surface area contributed by atoms with Crippen LogP contribution >= 0.6 is 12.2 Å². The fourth-order valence-electron chi connectivity index (χ4n) is 1.75. The zero-order valence-electron chi connectivity index (χ0n) is 8.80. The number of rotatable bonds is 1. The molecule has 0 saturated heterocycles. The van der Waals surface area contributed by atoms with Gasteiger partial charge in [0.05, 0.1) is 4.99 Å². The Labute approximate surface area is 102 Å². The minimum atomic E-state index is -4.65. The molecule has 0 atom stereocenters. The van der Waals surface area contributed by atoms with E-state index in [1.54, 1.807) is 6.07 Å². The molecule has 0 bridgehead atoms. The van der Waals surface area contributed by atoms with E-state index in [4.69, 9.17) is 12.2 Å². The van der Waals surface area contributed by atoms with Gasteiger partial charge in [-0.3, -0.25) is 0 Å². The second-order valence-corrected chi connectivity index (χ2v) is 4.26. The average Bonchev–Trinajstić information content (AvgIpc) is 2.36. The topological polar surface area (TPSA) is 21.3 Å². The monoisotopic (exact) mass is 261 g/mol. The van der Waals surface area contributed by atoms with Crippen molar-refractivity contribution in [3.05, 3.63) is 23.8 Å². The quantitative estimate of drug-likeness (QED) is 0.779. The van der Waals surface area contributed by atoms with Crippen LogP contribution in [0.2, 0.25) is 0 Å². The van der Waals surface area contributed by atoms with Crippen molar-refractivity contribution in [2.45, 2.75) is 25.6 Å². The van der Waals surface area contributed by atoms with Crippen molar-refractivity contribution < 1.29 is 17.9 Å². The van der Waals surface area contributed by atoms with Crippen LogP contribution < -0.4 is 10.1 Å². The van der Waals surface area contributed by atoms with E-state index in [9.17, 15) is 13.2 Å². The summed E-state index contributed by atoms with van der Waals surface area (Å²) in [7, 11) is 0. The van der Waals surface area contributed by atoms with Gasteiger partial charge in [-0.05, 0) is 43.0 Å². The van der Waals surface area contributed by atoms with Crippen LogP contribution in [0.3, 0.4) is 0 Å². The summed E-state index contributed by atoms with van der Waals surface area (Å²) in [5, 5.41) is 3.01. The number of anilines is 1. The molecule has 2 rings (SSSR count). The van der Waals surface area contributed by atoms with Gasteiger partial charge in [0.15, 0.2) is 0 Å². The van der Waals surface area contributed by atoms with Crippen LogP contribution in [-0.4, -0.2) is 11.4 Å². The van der Waals surface area contributed by atoms with Crippen molar-refractivity contribution in [1.82, 2.24) is 0 Å². The lowest BCUT2D eigenvalue weighted by Crippen LogP contribution is -2.17. The van der Waals surface area contributed by atoms with E-state index in [0.717, 1.165) is 24.1 Å². The molecule has 0 fully saturated rings. The lowest BCUT2D eigenvalue weighted by Gasteiger charge is -2.12. The number of fused-ring (bicyclic) bond motifs is 1. The third-order valence-corrected chi connectivity index (χ3v) is 2.74. The highest BCUT2D eigenvalue weighted by molar-refractivity contribution is 7.80. The minimum absolute atomic E-state index is 0.189. The van der Waals surface area contributed by atoms with Gasteiger partial charge < -0.3 is 10.1 Å². The highest BCUT2D eigenvalue weighted by atomic mass is 32.1. The lowest BCUT2D eigenvalue weighted by atomic mass is 10.1. The first-order valence-electron chi connectivity index (χ1n) is 5.12. The Morgan fingerprint density at radius 2 is 2.00 bits per heavy atom. The third kappa shape index (κ3) is 3.33. The van der Waals surface area contributed by atoms with Gasteiger partial charge in [0.25, 0.3) is 0 Å². The van der Waals surface area contributed by atoms with Gasteiger partial charge in [0.2, 0.25) is 0 Å². The summed E-state index contributed by atoms with van der Waals surface area (Å²) >= 11 is 5.07. The fraction of sp³-hybridized carbons (Fsp3) is 0.364. The number of nitrogens with one attached hydrogen (secondary N) is 1. The van der Waals surface area contributed by atoms with Crippen molar-refractivity contribution in [3.63, 3.8) is 0 Å². The molecular formula is C11H10F3NOS. The Morgan fingerprint density at radius 3 is 2.71 bits per heavy atom. The maximum absolute atomic E-state index is 12.1. The summed E-state index contributed by atoms with van der Waals surface area (Å²) in [5.41, 5.74) is 1.56. The number of ether oxygens (including phenoxy) is 1. The molecule has 2 nitrogen and oxygen atoms in total. The first kappa shape index (κ1) is 12.2. The molecule has 0 saturated carbocycles. The van der Waals surface area contributed by atoms with Gasteiger partial charge in [0.1, 0.15) is 5.75 Å². The van der Waals surface area contributed by atoms with E-state index in [1.807, 2.05) is 0 Å². The molecule has 6 heteroatoms. The Balaban J connectivity index is 2.24. The van der Waals surface area contributed by atoms with E-state index >= 15 is 0 Å². The number of hydrogen-bond acceptors (Lipinski definition) is 2. The van der Waals surface area contributed by atoms with E-state index in [2.05, 4.69) is 10.1 Å². The van der Waals surface area contributed by atoms with E-state index in [0.29, 0.717) is 11.4 Å². The van der Waals surface area contributed by atoms with Gasteiger partial charge >= 0.3 is 6.36 Å². The number of halogens is 3. The van der Waals surface area contributed by atoms with Crippen LogP contribution in [0, 0.1) is 0 Å². The Bertz CT molecular complexity index is 445. The molecule has 0 unspecified atom stereocenters. The maximum atomic E-state index is 12.1. The summed E-state index contributed by atoms with van der Waals surface area (Å²) < 4.78 is 40.0. The molecule has 1 aromatic carbocycles. The molecule has 0 aliphatic carbocycles. The van der Waals surface area contributed by atoms with E-state index in [-0.39, 0.29) is 5.75 Å². The summed E-state index contributed by atoms with van der Waals surface area (Å²) in [6.07, 6.45) is -2.38. The standard InChI is InChI=1S/C11H10F3NOS/c12-11(13,14)16-8-4-5-9-7(6-8)2-1-3-10(17)15-9/h4-6H,1-3H2,(H,15,17). The fourth-order valence-corrected chi connectivity index (χ4v) is 2.00. The van der Waals surface area contributed by atoms with Crippen molar-refractivity contribution in [2.75, 3.05) is 5.32 Å². The summed E-state index contributed by atoms with van der Waals surface area (Å²) in [5.74, 6) is -0.189. The second kappa shape index (κ2) is 4.52. The molecule has 0 amide bonds. The number of hydrogen-bond donors (Lipinski definition) is 1. The average molecular weight is 261 g/mol. The van der Waals surface area contributed by atoms with Crippen LogP contribution in [0.5, 0.6) is 5.75 Å². The Kier molecular flexibility index (Phi) is 3.24. The van der Waals surface area contributed by atoms with Crippen molar-refractivity contribution >= 4 is 22.9 Å². The highest BCUT2D eigenvalue weighted by Gasteiger charge is 2.31. The summed E-state index contributed by atoms with van der Waals surface area (Å²) in [6.45, 7) is 0. The molecule has 0 spiro atoms. The van der Waals surface area contributed by atoms with Crippen LogP contribution in [0.1, 0.15) is 18.4 Å². The van der Waals surface area contributed by atoms with Gasteiger partial charge in [-0.15, -0.1) is 13.2 Å². The Morgan fingerprint density at radius 1 is 1.24 bits per heavy atom. The molecule has 1 heterocycles. The first-order valence-corrected chi connectivity index (χ1v) is 5.53. The molecule has 1 aliphatic heterocycles. The van der Waals surface area contributed by atoms with Crippen molar-refractivity contribution in [1.29, 1.82) is 0 Å². The molecule has 1 aliphatic rings. The number of aryl methyl sites for hydroxylation is 1. The van der Waals surface area contributed by atoms with Crippen LogP contribution in [0.15, 0.2) is 18.2 Å². The zero-order chi connectivity index (χ0) is 12.5. The van der Waals surface area contributed by atoms with E-state index in [1.165, 1.54) is 12.1 Å². The number of benzene rings is 1. The highest BCUT2D eigenvalue weighted by Crippen LogP contribution is 2.29. The molecular weight excluding hydrogens is 251 g/mol.